The second-order valence-corrected chi connectivity index (χ2v) is 7.45. The van der Waals surface area contributed by atoms with Crippen molar-refractivity contribution in [2.45, 2.75) is 25.8 Å². The Morgan fingerprint density at radius 3 is 2.16 bits per heavy atom. The Morgan fingerprint density at radius 2 is 1.61 bits per heavy atom. The Bertz CT molecular complexity index is 1020. The summed E-state index contributed by atoms with van der Waals surface area (Å²) in [6.45, 7) is 4.22. The second-order valence-electron chi connectivity index (χ2n) is 7.45. The van der Waals surface area contributed by atoms with Crippen LogP contribution in [0.5, 0.6) is 5.75 Å². The van der Waals surface area contributed by atoms with Crippen LogP contribution in [0.4, 0.5) is 5.69 Å². The van der Waals surface area contributed by atoms with Crippen LogP contribution in [0.1, 0.15) is 47.4 Å². The second kappa shape index (κ2) is 9.84. The maximum atomic E-state index is 13.3. The van der Waals surface area contributed by atoms with Crippen LogP contribution in [-0.2, 0) is 4.79 Å². The molecule has 1 aromatic heterocycles. The minimum Gasteiger partial charge on any atom is -0.497 e. The van der Waals surface area contributed by atoms with Gasteiger partial charge in [0.1, 0.15) is 17.5 Å². The Labute approximate surface area is 182 Å². The molecule has 0 saturated heterocycles. The van der Waals surface area contributed by atoms with Crippen molar-refractivity contribution in [2.24, 2.45) is 0 Å². The van der Waals surface area contributed by atoms with Gasteiger partial charge in [-0.05, 0) is 41.3 Å². The van der Waals surface area contributed by atoms with Crippen molar-refractivity contribution in [3.63, 3.8) is 0 Å². The number of carbonyl (C=O) groups is 2. The highest BCUT2D eigenvalue weighted by Crippen LogP contribution is 2.26. The lowest BCUT2D eigenvalue weighted by Crippen LogP contribution is -2.39. The zero-order chi connectivity index (χ0) is 22.4. The first-order valence-corrected chi connectivity index (χ1v) is 9.98. The van der Waals surface area contributed by atoms with Crippen LogP contribution in [0.2, 0.25) is 0 Å². The first kappa shape index (κ1) is 22.0. The molecule has 0 aliphatic rings. The lowest BCUT2D eigenvalue weighted by molar-refractivity contribution is -0.120. The summed E-state index contributed by atoms with van der Waals surface area (Å²) in [4.78, 5) is 35.7. The SMILES string of the molecule is COc1ccc(C(C(=O)Nc2ccc(C(C)C)cc2)N(C)C(=O)c2cnccn2)cc1. The van der Waals surface area contributed by atoms with Crippen molar-refractivity contribution in [3.05, 3.63) is 83.9 Å². The number of hydrogen-bond acceptors (Lipinski definition) is 5. The molecule has 0 saturated carbocycles. The van der Waals surface area contributed by atoms with Gasteiger partial charge < -0.3 is 15.0 Å². The van der Waals surface area contributed by atoms with Crippen LogP contribution in [0.25, 0.3) is 0 Å². The van der Waals surface area contributed by atoms with Crippen molar-refractivity contribution in [2.75, 3.05) is 19.5 Å². The molecule has 0 bridgehead atoms. The molecule has 0 spiro atoms. The van der Waals surface area contributed by atoms with Gasteiger partial charge in [-0.2, -0.15) is 0 Å². The van der Waals surface area contributed by atoms with E-state index in [0.29, 0.717) is 22.9 Å². The van der Waals surface area contributed by atoms with E-state index in [0.717, 1.165) is 0 Å². The number of nitrogens with one attached hydrogen (secondary N) is 1. The number of methoxy groups -OCH3 is 1. The van der Waals surface area contributed by atoms with E-state index in [4.69, 9.17) is 4.74 Å². The Hall–Kier alpha value is -3.74. The molecule has 31 heavy (non-hydrogen) atoms. The number of anilines is 1. The van der Waals surface area contributed by atoms with E-state index in [9.17, 15) is 9.59 Å². The number of benzene rings is 2. The largest absolute Gasteiger partial charge is 0.497 e. The molecule has 0 aliphatic carbocycles. The molecule has 2 aromatic carbocycles. The molecule has 1 N–H and O–H groups in total. The van der Waals surface area contributed by atoms with Crippen LogP contribution in [-0.4, -0.2) is 40.8 Å². The number of likely N-dealkylation sites (N-methyl/N-ethyl adjacent to an activating group) is 1. The molecular formula is C24H26N4O3. The third-order valence-corrected chi connectivity index (χ3v) is 5.01. The summed E-state index contributed by atoms with van der Waals surface area (Å²) in [6, 6.07) is 13.9. The highest BCUT2D eigenvalue weighted by atomic mass is 16.5. The predicted molar refractivity (Wildman–Crippen MR) is 119 cm³/mol. The molecule has 0 fully saturated rings. The van der Waals surface area contributed by atoms with Crippen LogP contribution in [0, 0.1) is 0 Å². The summed E-state index contributed by atoms with van der Waals surface area (Å²) in [5.41, 5.74) is 2.65. The highest BCUT2D eigenvalue weighted by Gasteiger charge is 2.30. The molecule has 0 aliphatic heterocycles. The number of nitrogens with zero attached hydrogens (tertiary/aromatic N) is 3. The molecule has 2 amide bonds. The van der Waals surface area contributed by atoms with E-state index >= 15 is 0 Å². The highest BCUT2D eigenvalue weighted by molar-refractivity contribution is 6.00. The molecular weight excluding hydrogens is 392 g/mol. The first-order valence-electron chi connectivity index (χ1n) is 9.98. The standard InChI is InChI=1S/C24H26N4O3/c1-16(2)17-5-9-19(10-6-17)27-23(29)22(18-7-11-20(31-4)12-8-18)28(3)24(30)21-15-25-13-14-26-21/h5-16,22H,1-4H3,(H,27,29). The summed E-state index contributed by atoms with van der Waals surface area (Å²) in [7, 11) is 3.15. The molecule has 7 nitrogen and oxygen atoms in total. The van der Waals surface area contributed by atoms with E-state index in [1.54, 1.807) is 38.4 Å². The molecule has 160 valence electrons. The van der Waals surface area contributed by atoms with Crippen molar-refractivity contribution >= 4 is 17.5 Å². The minimum atomic E-state index is -0.870. The van der Waals surface area contributed by atoms with Crippen LogP contribution in [0.3, 0.4) is 0 Å². The predicted octanol–water partition coefficient (Wildman–Crippen LogP) is 4.06. The number of amides is 2. The smallest absolute Gasteiger partial charge is 0.274 e. The van der Waals surface area contributed by atoms with E-state index < -0.39 is 11.9 Å². The van der Waals surface area contributed by atoms with Gasteiger partial charge >= 0.3 is 0 Å². The molecule has 0 radical (unpaired) electrons. The normalized spacial score (nSPS) is 11.6. The summed E-state index contributed by atoms with van der Waals surface area (Å²) in [5, 5.41) is 2.92. The van der Waals surface area contributed by atoms with Crippen LogP contribution >= 0.6 is 0 Å². The Kier molecular flexibility index (Phi) is 6.97. The van der Waals surface area contributed by atoms with Gasteiger partial charge in [0.15, 0.2) is 0 Å². The van der Waals surface area contributed by atoms with Crippen LogP contribution in [0.15, 0.2) is 67.1 Å². The lowest BCUT2D eigenvalue weighted by atomic mass is 10.0. The minimum absolute atomic E-state index is 0.164. The quantitative estimate of drug-likeness (QED) is 0.625. The van der Waals surface area contributed by atoms with Gasteiger partial charge in [0, 0.05) is 25.1 Å². The lowest BCUT2D eigenvalue weighted by Gasteiger charge is -2.27. The third-order valence-electron chi connectivity index (χ3n) is 5.01. The fraction of sp³-hybridized carbons (Fsp3) is 0.250. The van der Waals surface area contributed by atoms with E-state index in [1.807, 2.05) is 24.3 Å². The average molecular weight is 418 g/mol. The van der Waals surface area contributed by atoms with Gasteiger partial charge in [-0.1, -0.05) is 38.1 Å². The summed E-state index contributed by atoms with van der Waals surface area (Å²) in [5.74, 6) is 0.323. The number of hydrogen-bond donors (Lipinski definition) is 1. The Balaban J connectivity index is 1.90. The molecule has 3 aromatic rings. The summed E-state index contributed by atoms with van der Waals surface area (Å²) < 4.78 is 5.21. The van der Waals surface area contributed by atoms with Gasteiger partial charge in [-0.15, -0.1) is 0 Å². The molecule has 1 heterocycles. The van der Waals surface area contributed by atoms with E-state index in [-0.39, 0.29) is 11.6 Å². The third kappa shape index (κ3) is 5.25. The summed E-state index contributed by atoms with van der Waals surface area (Å²) in [6.07, 6.45) is 4.32. The maximum absolute atomic E-state index is 13.3. The Morgan fingerprint density at radius 1 is 0.968 bits per heavy atom. The monoisotopic (exact) mass is 418 g/mol. The van der Waals surface area contributed by atoms with Crippen LogP contribution < -0.4 is 10.1 Å². The maximum Gasteiger partial charge on any atom is 0.274 e. The van der Waals surface area contributed by atoms with Gasteiger partial charge in [-0.25, -0.2) is 4.98 Å². The van der Waals surface area contributed by atoms with Gasteiger partial charge in [-0.3, -0.25) is 14.6 Å². The van der Waals surface area contributed by atoms with E-state index in [1.165, 1.54) is 29.1 Å². The first-order chi connectivity index (χ1) is 14.9. The van der Waals surface area contributed by atoms with Crippen molar-refractivity contribution < 1.29 is 14.3 Å². The topological polar surface area (TPSA) is 84.4 Å². The fourth-order valence-electron chi connectivity index (χ4n) is 3.21. The van der Waals surface area contributed by atoms with Gasteiger partial charge in [0.2, 0.25) is 0 Å². The number of carbonyl (C=O) groups excluding carboxylic acids is 2. The average Bonchev–Trinajstić information content (AvgIpc) is 2.80. The van der Waals surface area contributed by atoms with Crippen molar-refractivity contribution in [1.29, 1.82) is 0 Å². The fourth-order valence-corrected chi connectivity index (χ4v) is 3.21. The number of ether oxygens (including phenoxy) is 1. The van der Waals surface area contributed by atoms with Gasteiger partial charge in [0.05, 0.1) is 13.3 Å². The zero-order valence-corrected chi connectivity index (χ0v) is 18.1. The molecule has 1 atom stereocenters. The number of rotatable bonds is 7. The van der Waals surface area contributed by atoms with E-state index in [2.05, 4.69) is 29.1 Å². The van der Waals surface area contributed by atoms with Gasteiger partial charge in [0.25, 0.3) is 11.8 Å². The summed E-state index contributed by atoms with van der Waals surface area (Å²) >= 11 is 0. The molecule has 3 rings (SSSR count). The molecule has 1 unspecified atom stereocenters. The van der Waals surface area contributed by atoms with Crippen molar-refractivity contribution in [1.82, 2.24) is 14.9 Å². The number of aromatic nitrogens is 2. The zero-order valence-electron chi connectivity index (χ0n) is 18.1. The molecule has 7 heteroatoms. The van der Waals surface area contributed by atoms with Crippen molar-refractivity contribution in [3.8, 4) is 5.75 Å².